The van der Waals surface area contributed by atoms with Crippen molar-refractivity contribution >= 4 is 23.2 Å². The quantitative estimate of drug-likeness (QED) is 0.590. The summed E-state index contributed by atoms with van der Waals surface area (Å²) in [5.74, 6) is 0.726. The molecule has 3 aromatic rings. The van der Waals surface area contributed by atoms with Gasteiger partial charge in [-0.1, -0.05) is 48.5 Å². The van der Waals surface area contributed by atoms with Crippen molar-refractivity contribution in [2.45, 2.75) is 19.3 Å². The maximum Gasteiger partial charge on any atom is 0.228 e. The maximum absolute atomic E-state index is 13.0. The first kappa shape index (κ1) is 22.1. The monoisotopic (exact) mass is 448 g/mol. The van der Waals surface area contributed by atoms with Gasteiger partial charge in [0.2, 0.25) is 11.8 Å². The molecule has 0 radical (unpaired) electrons. The number of carbonyl (C=O) groups excluding carboxylic acids is 2. The molecule has 0 unspecified atom stereocenters. The van der Waals surface area contributed by atoms with Crippen molar-refractivity contribution in [3.05, 3.63) is 77.2 Å². The lowest BCUT2D eigenvalue weighted by Gasteiger charge is -2.28. The summed E-state index contributed by atoms with van der Waals surface area (Å²) in [6, 6.07) is 20.1. The SMILES string of the molecule is CNC(=O)[C@@]1(Cc2ccc(-c3cccs3)cc2)CCN(C(=O)Cc2ccccc2OC)C1. The summed E-state index contributed by atoms with van der Waals surface area (Å²) in [6.07, 6.45) is 1.52. The van der Waals surface area contributed by atoms with E-state index in [-0.39, 0.29) is 18.2 Å². The Morgan fingerprint density at radius 3 is 2.56 bits per heavy atom. The fourth-order valence-electron chi connectivity index (χ4n) is 4.50. The predicted octanol–water partition coefficient (Wildman–Crippen LogP) is 4.17. The third-order valence-electron chi connectivity index (χ3n) is 6.25. The third kappa shape index (κ3) is 4.55. The largest absolute Gasteiger partial charge is 0.496 e. The summed E-state index contributed by atoms with van der Waals surface area (Å²) in [5.41, 5.74) is 2.53. The lowest BCUT2D eigenvalue weighted by atomic mass is 9.79. The van der Waals surface area contributed by atoms with Crippen molar-refractivity contribution in [3.63, 3.8) is 0 Å². The van der Waals surface area contributed by atoms with Crippen molar-refractivity contribution in [2.75, 3.05) is 27.2 Å². The topological polar surface area (TPSA) is 58.6 Å². The van der Waals surface area contributed by atoms with Crippen LogP contribution >= 0.6 is 11.3 Å². The van der Waals surface area contributed by atoms with Crippen LogP contribution in [0.3, 0.4) is 0 Å². The molecular weight excluding hydrogens is 420 g/mol. The van der Waals surface area contributed by atoms with E-state index in [1.807, 2.05) is 35.2 Å². The van der Waals surface area contributed by atoms with Gasteiger partial charge in [-0.3, -0.25) is 9.59 Å². The highest BCUT2D eigenvalue weighted by Crippen LogP contribution is 2.36. The average molecular weight is 449 g/mol. The van der Waals surface area contributed by atoms with Crippen LogP contribution in [-0.2, 0) is 22.4 Å². The lowest BCUT2D eigenvalue weighted by molar-refractivity contribution is -0.132. The Labute approximate surface area is 193 Å². The molecule has 1 aliphatic heterocycles. The van der Waals surface area contributed by atoms with Gasteiger partial charge in [0, 0.05) is 30.6 Å². The van der Waals surface area contributed by atoms with Gasteiger partial charge in [0.05, 0.1) is 18.9 Å². The molecule has 6 heteroatoms. The molecule has 1 aromatic heterocycles. The molecule has 1 aliphatic rings. The van der Waals surface area contributed by atoms with Gasteiger partial charge in [0.1, 0.15) is 5.75 Å². The van der Waals surface area contributed by atoms with Gasteiger partial charge in [-0.25, -0.2) is 0 Å². The van der Waals surface area contributed by atoms with E-state index in [2.05, 4.69) is 41.0 Å². The Morgan fingerprint density at radius 1 is 1.09 bits per heavy atom. The van der Waals surface area contributed by atoms with Gasteiger partial charge in [-0.05, 0) is 41.5 Å². The highest BCUT2D eigenvalue weighted by atomic mass is 32.1. The van der Waals surface area contributed by atoms with Crippen LogP contribution in [0, 0.1) is 5.41 Å². The van der Waals surface area contributed by atoms with Crippen molar-refractivity contribution in [2.24, 2.45) is 5.41 Å². The number of likely N-dealkylation sites (tertiary alicyclic amines) is 1. The third-order valence-corrected chi connectivity index (χ3v) is 7.17. The molecule has 0 saturated carbocycles. The lowest BCUT2D eigenvalue weighted by Crippen LogP contribution is -2.44. The minimum absolute atomic E-state index is 0.00701. The summed E-state index contributed by atoms with van der Waals surface area (Å²) in [5, 5.41) is 4.90. The number of ether oxygens (including phenoxy) is 1. The number of hydrogen-bond donors (Lipinski definition) is 1. The molecule has 2 heterocycles. The number of nitrogens with zero attached hydrogens (tertiary/aromatic N) is 1. The summed E-state index contributed by atoms with van der Waals surface area (Å²) < 4.78 is 5.39. The zero-order valence-corrected chi connectivity index (χ0v) is 19.3. The molecule has 4 rings (SSSR count). The van der Waals surface area contributed by atoms with Crippen LogP contribution in [0.1, 0.15) is 17.5 Å². The predicted molar refractivity (Wildman–Crippen MR) is 128 cm³/mol. The minimum atomic E-state index is -0.615. The molecule has 1 fully saturated rings. The van der Waals surface area contributed by atoms with Gasteiger partial charge < -0.3 is 15.0 Å². The number of benzene rings is 2. The molecule has 2 amide bonds. The van der Waals surface area contributed by atoms with Crippen LogP contribution < -0.4 is 10.1 Å². The molecule has 0 bridgehead atoms. The molecule has 1 saturated heterocycles. The number of rotatable bonds is 7. The molecule has 0 spiro atoms. The normalized spacial score (nSPS) is 17.9. The average Bonchev–Trinajstić information content (AvgIpc) is 3.51. The number of thiophene rings is 1. The Kier molecular flexibility index (Phi) is 6.61. The van der Waals surface area contributed by atoms with Gasteiger partial charge in [0.15, 0.2) is 0 Å². The van der Waals surface area contributed by atoms with E-state index in [9.17, 15) is 9.59 Å². The summed E-state index contributed by atoms with van der Waals surface area (Å²) in [7, 11) is 3.28. The first-order valence-corrected chi connectivity index (χ1v) is 11.7. The first-order chi connectivity index (χ1) is 15.5. The van der Waals surface area contributed by atoms with Crippen molar-refractivity contribution in [1.29, 1.82) is 0 Å². The fraction of sp³-hybridized carbons (Fsp3) is 0.308. The van der Waals surface area contributed by atoms with Gasteiger partial charge in [-0.2, -0.15) is 0 Å². The van der Waals surface area contributed by atoms with Crippen LogP contribution in [0.15, 0.2) is 66.0 Å². The van der Waals surface area contributed by atoms with E-state index < -0.39 is 5.41 Å². The van der Waals surface area contributed by atoms with Crippen LogP contribution in [0.2, 0.25) is 0 Å². The summed E-state index contributed by atoms with van der Waals surface area (Å²) >= 11 is 1.71. The second kappa shape index (κ2) is 9.57. The second-order valence-corrected chi connectivity index (χ2v) is 9.21. The molecule has 166 valence electrons. The van der Waals surface area contributed by atoms with Crippen LogP contribution in [0.25, 0.3) is 10.4 Å². The number of carbonyl (C=O) groups is 2. The Hall–Kier alpha value is -3.12. The summed E-state index contributed by atoms with van der Waals surface area (Å²) in [6.45, 7) is 1.00. The molecule has 1 atom stereocenters. The highest BCUT2D eigenvalue weighted by molar-refractivity contribution is 7.13. The number of amides is 2. The molecular formula is C26H28N2O3S. The van der Waals surface area contributed by atoms with Gasteiger partial charge >= 0.3 is 0 Å². The fourth-order valence-corrected chi connectivity index (χ4v) is 5.24. The zero-order valence-electron chi connectivity index (χ0n) is 18.5. The standard InChI is InChI=1S/C26H28N2O3S/c1-27-25(30)26(17-19-9-11-20(12-10-19)23-8-5-15-32-23)13-14-28(18-26)24(29)16-21-6-3-4-7-22(21)31-2/h3-12,15H,13-14,16-18H2,1-2H3,(H,27,30)/t26-/m1/s1. The van der Waals surface area contributed by atoms with E-state index >= 15 is 0 Å². The second-order valence-electron chi connectivity index (χ2n) is 8.26. The Bertz CT molecular complexity index is 1080. The van der Waals surface area contributed by atoms with Crippen molar-refractivity contribution in [3.8, 4) is 16.2 Å². The molecule has 32 heavy (non-hydrogen) atoms. The first-order valence-electron chi connectivity index (χ1n) is 10.8. The highest BCUT2D eigenvalue weighted by Gasteiger charge is 2.45. The molecule has 1 N–H and O–H groups in total. The van der Waals surface area contributed by atoms with Crippen LogP contribution in [0.5, 0.6) is 5.75 Å². The van der Waals surface area contributed by atoms with Crippen LogP contribution in [-0.4, -0.2) is 44.0 Å². The number of nitrogens with one attached hydrogen (secondary N) is 1. The maximum atomic E-state index is 13.0. The van der Waals surface area contributed by atoms with E-state index in [1.54, 1.807) is 25.5 Å². The summed E-state index contributed by atoms with van der Waals surface area (Å²) in [4.78, 5) is 29.1. The molecule has 2 aromatic carbocycles. The van der Waals surface area contributed by atoms with E-state index in [0.717, 1.165) is 11.1 Å². The Morgan fingerprint density at radius 2 is 1.88 bits per heavy atom. The van der Waals surface area contributed by atoms with E-state index in [1.165, 1.54) is 10.4 Å². The number of hydrogen-bond acceptors (Lipinski definition) is 4. The van der Waals surface area contributed by atoms with E-state index in [0.29, 0.717) is 31.7 Å². The molecule has 0 aliphatic carbocycles. The van der Waals surface area contributed by atoms with Crippen LogP contribution in [0.4, 0.5) is 0 Å². The van der Waals surface area contributed by atoms with Gasteiger partial charge in [-0.15, -0.1) is 11.3 Å². The number of para-hydroxylation sites is 1. The minimum Gasteiger partial charge on any atom is -0.496 e. The van der Waals surface area contributed by atoms with Crippen molar-refractivity contribution in [1.82, 2.24) is 10.2 Å². The molecule has 5 nitrogen and oxygen atoms in total. The Balaban J connectivity index is 1.49. The van der Waals surface area contributed by atoms with Crippen molar-refractivity contribution < 1.29 is 14.3 Å². The zero-order chi connectivity index (χ0) is 22.6. The van der Waals surface area contributed by atoms with Gasteiger partial charge in [0.25, 0.3) is 0 Å². The number of methoxy groups -OCH3 is 1. The van der Waals surface area contributed by atoms with E-state index in [4.69, 9.17) is 4.74 Å². The smallest absolute Gasteiger partial charge is 0.228 e.